The van der Waals surface area contributed by atoms with Gasteiger partial charge in [0.05, 0.1) is 0 Å². The molecule has 0 bridgehead atoms. The van der Waals surface area contributed by atoms with Crippen LogP contribution in [0.2, 0.25) is 0 Å². The van der Waals surface area contributed by atoms with Crippen LogP contribution < -0.4 is 0 Å². The molecule has 77 valence electrons. The van der Waals surface area contributed by atoms with Gasteiger partial charge in [-0.3, -0.25) is 6.08 Å². The summed E-state index contributed by atoms with van der Waals surface area (Å²) in [4.78, 5) is 0. The number of hydrogen-bond acceptors (Lipinski definition) is 0. The van der Waals surface area contributed by atoms with Crippen LogP contribution in [0.1, 0.15) is 40.3 Å². The van der Waals surface area contributed by atoms with E-state index in [9.17, 15) is 0 Å². The molecule has 1 aliphatic carbocycles. The molecule has 1 aliphatic rings. The molecule has 0 heterocycles. The van der Waals surface area contributed by atoms with Gasteiger partial charge in [-0.1, -0.05) is 25.8 Å². The maximum Gasteiger partial charge on any atom is 0 e. The van der Waals surface area contributed by atoms with Crippen LogP contribution in [-0.2, 0) is 39.1 Å². The zero-order valence-corrected chi connectivity index (χ0v) is 12.8. The van der Waals surface area contributed by atoms with Gasteiger partial charge in [0.2, 0.25) is 0 Å². The first kappa shape index (κ1) is 13.0. The molecule has 0 atom stereocenters. The first-order valence-corrected chi connectivity index (χ1v) is 5.06. The van der Waals surface area contributed by atoms with E-state index >= 15 is 0 Å². The molecular formula is C14H16Y-2. The van der Waals surface area contributed by atoms with Crippen molar-refractivity contribution in [2.45, 2.75) is 34.1 Å². The van der Waals surface area contributed by atoms with E-state index < -0.39 is 0 Å². The summed E-state index contributed by atoms with van der Waals surface area (Å²) in [6, 6.07) is 0. The third kappa shape index (κ3) is 1.72. The fourth-order valence-corrected chi connectivity index (χ4v) is 2.25. The molecule has 0 aromatic heterocycles. The molecule has 0 nitrogen and oxygen atoms in total. The summed E-state index contributed by atoms with van der Waals surface area (Å²) in [6.07, 6.45) is 4.33. The number of benzene rings is 1. The zero-order valence-electron chi connectivity index (χ0n) is 9.99. The van der Waals surface area contributed by atoms with Crippen LogP contribution >= 0.6 is 0 Å². The van der Waals surface area contributed by atoms with Crippen LogP contribution in [-0.4, -0.2) is 0 Å². The fourth-order valence-electron chi connectivity index (χ4n) is 2.25. The second kappa shape index (κ2) is 4.43. The molecule has 0 spiro atoms. The Bertz CT molecular complexity index is 416. The molecule has 0 unspecified atom stereocenters. The van der Waals surface area contributed by atoms with Crippen LogP contribution in [0, 0.1) is 33.8 Å². The van der Waals surface area contributed by atoms with Gasteiger partial charge in [-0.25, -0.2) is 18.1 Å². The van der Waals surface area contributed by atoms with Gasteiger partial charge in [0.1, 0.15) is 0 Å². The van der Waals surface area contributed by atoms with Crippen molar-refractivity contribution >= 4 is 5.57 Å². The van der Waals surface area contributed by atoms with Gasteiger partial charge in [-0.05, 0) is 6.92 Å². The predicted octanol–water partition coefficient (Wildman–Crippen LogP) is 3.55. The summed E-state index contributed by atoms with van der Waals surface area (Å²) in [7, 11) is 0. The average Bonchev–Trinajstić information content (AvgIpc) is 2.12. The number of hydrogen-bond donors (Lipinski definition) is 0. The molecule has 1 aromatic rings. The standard InChI is InChI=1S/C14H16.Y/c1-6-12-7-13-10(4)8(2)9(3)11(5)14(12)13;/h5,7H2,1-4H3;/q-2;. The molecule has 0 aliphatic heterocycles. The Morgan fingerprint density at radius 2 is 1.67 bits per heavy atom. The van der Waals surface area contributed by atoms with Crippen molar-refractivity contribution in [1.29, 1.82) is 0 Å². The molecule has 1 radical (unpaired) electrons. The summed E-state index contributed by atoms with van der Waals surface area (Å²) in [5, 5.41) is 0. The van der Waals surface area contributed by atoms with Gasteiger partial charge in [-0.15, -0.1) is 18.1 Å². The number of rotatable bonds is 0. The number of fused-ring (bicyclic) bond motifs is 1. The van der Waals surface area contributed by atoms with E-state index in [2.05, 4.69) is 33.8 Å². The van der Waals surface area contributed by atoms with Crippen molar-refractivity contribution in [3.05, 3.63) is 46.4 Å². The van der Waals surface area contributed by atoms with Crippen LogP contribution in [0.15, 0.2) is 0 Å². The zero-order chi connectivity index (χ0) is 10.5. The summed E-state index contributed by atoms with van der Waals surface area (Å²) in [6.45, 7) is 12.7. The average molecular weight is 273 g/mol. The van der Waals surface area contributed by atoms with E-state index in [4.69, 9.17) is 0 Å². The normalized spacial score (nSPS) is 15.6. The third-order valence-electron chi connectivity index (χ3n) is 3.59. The van der Waals surface area contributed by atoms with Gasteiger partial charge in [0, 0.05) is 32.7 Å². The van der Waals surface area contributed by atoms with Crippen molar-refractivity contribution in [2.75, 3.05) is 0 Å². The molecular weight excluding hydrogens is 257 g/mol. The van der Waals surface area contributed by atoms with E-state index in [0.717, 1.165) is 6.42 Å². The Kier molecular flexibility index (Phi) is 3.84. The summed E-state index contributed by atoms with van der Waals surface area (Å²) >= 11 is 0. The second-order valence-corrected chi connectivity index (χ2v) is 4.11. The van der Waals surface area contributed by atoms with Crippen molar-refractivity contribution < 1.29 is 32.7 Å². The number of allylic oxidation sites excluding steroid dienone is 2. The summed E-state index contributed by atoms with van der Waals surface area (Å²) < 4.78 is 0. The van der Waals surface area contributed by atoms with Crippen LogP contribution in [0.25, 0.3) is 5.57 Å². The molecule has 2 rings (SSSR count). The fraction of sp³-hybridized carbons (Fsp3) is 0.357. The Labute approximate surface area is 118 Å². The van der Waals surface area contributed by atoms with E-state index in [1.54, 1.807) is 0 Å². The van der Waals surface area contributed by atoms with Crippen LogP contribution in [0.5, 0.6) is 0 Å². The van der Waals surface area contributed by atoms with Gasteiger partial charge in [0.25, 0.3) is 0 Å². The van der Waals surface area contributed by atoms with Crippen LogP contribution in [0.3, 0.4) is 0 Å². The Hall–Kier alpha value is -0.0661. The Morgan fingerprint density at radius 3 is 2.20 bits per heavy atom. The molecule has 0 amide bonds. The van der Waals surface area contributed by atoms with E-state index in [1.165, 1.54) is 39.0 Å². The molecule has 0 saturated carbocycles. The van der Waals surface area contributed by atoms with E-state index in [1.807, 2.05) is 6.92 Å². The topological polar surface area (TPSA) is 0 Å². The molecule has 0 N–H and O–H groups in total. The van der Waals surface area contributed by atoms with Crippen LogP contribution in [0.4, 0.5) is 0 Å². The Morgan fingerprint density at radius 1 is 1.07 bits per heavy atom. The Balaban J connectivity index is 0.00000112. The van der Waals surface area contributed by atoms with E-state index in [-0.39, 0.29) is 32.7 Å². The van der Waals surface area contributed by atoms with Crippen molar-refractivity contribution in [2.24, 2.45) is 0 Å². The summed E-state index contributed by atoms with van der Waals surface area (Å²) in [5.74, 6) is 0. The molecule has 1 aromatic carbocycles. The quantitative estimate of drug-likeness (QED) is 0.634. The van der Waals surface area contributed by atoms with Gasteiger partial charge < -0.3 is 0 Å². The molecule has 1 heteroatoms. The largest absolute Gasteiger partial charge is 0.274 e. The van der Waals surface area contributed by atoms with Crippen molar-refractivity contribution in [3.63, 3.8) is 0 Å². The van der Waals surface area contributed by atoms with Crippen molar-refractivity contribution in [1.82, 2.24) is 0 Å². The first-order valence-electron chi connectivity index (χ1n) is 5.06. The SMILES string of the molecule is [CH2-]c1c(C)c(C)c(C)c2c1C(=[C-]C)C2.[Y]. The minimum atomic E-state index is 0. The van der Waals surface area contributed by atoms with Gasteiger partial charge >= 0.3 is 0 Å². The molecule has 0 saturated heterocycles. The minimum Gasteiger partial charge on any atom is -0.274 e. The maximum absolute atomic E-state index is 4.17. The minimum absolute atomic E-state index is 0. The van der Waals surface area contributed by atoms with Gasteiger partial charge in [0.15, 0.2) is 0 Å². The van der Waals surface area contributed by atoms with Crippen molar-refractivity contribution in [3.8, 4) is 0 Å². The monoisotopic (exact) mass is 273 g/mol. The molecule has 15 heavy (non-hydrogen) atoms. The molecule has 0 fully saturated rings. The van der Waals surface area contributed by atoms with Gasteiger partial charge in [-0.2, -0.15) is 11.1 Å². The second-order valence-electron chi connectivity index (χ2n) is 4.11. The van der Waals surface area contributed by atoms with E-state index in [0.29, 0.717) is 0 Å². The predicted molar refractivity (Wildman–Crippen MR) is 61.1 cm³/mol. The smallest absolute Gasteiger partial charge is 0 e. The summed E-state index contributed by atoms with van der Waals surface area (Å²) in [5.41, 5.74) is 9.60. The maximum atomic E-state index is 4.17. The first-order chi connectivity index (χ1) is 6.57. The third-order valence-corrected chi connectivity index (χ3v) is 3.59.